The maximum absolute atomic E-state index is 10.8. The van der Waals surface area contributed by atoms with Crippen molar-refractivity contribution in [2.45, 2.75) is 20.0 Å². The third-order valence-corrected chi connectivity index (χ3v) is 2.00. The van der Waals surface area contributed by atoms with Gasteiger partial charge in [0.15, 0.2) is 0 Å². The highest BCUT2D eigenvalue weighted by atomic mass is 16.3. The van der Waals surface area contributed by atoms with Crippen LogP contribution in [0.15, 0.2) is 18.2 Å². The summed E-state index contributed by atoms with van der Waals surface area (Å²) < 4.78 is 0. The first-order chi connectivity index (χ1) is 6.02. The summed E-state index contributed by atoms with van der Waals surface area (Å²) in [7, 11) is 0. The highest BCUT2D eigenvalue weighted by Gasteiger charge is 2.07. The molecular formula is C10H13NO2. The largest absolute Gasteiger partial charge is 0.389 e. The second-order valence-electron chi connectivity index (χ2n) is 3.11. The van der Waals surface area contributed by atoms with Crippen LogP contribution < -0.4 is 5.73 Å². The molecule has 0 heterocycles. The number of hydrogen-bond donors (Lipinski definition) is 2. The van der Waals surface area contributed by atoms with Crippen molar-refractivity contribution in [1.82, 2.24) is 0 Å². The summed E-state index contributed by atoms with van der Waals surface area (Å²) in [6, 6.07) is 5.03. The number of aliphatic hydroxyl groups excluding tert-OH is 1. The van der Waals surface area contributed by atoms with E-state index in [1.165, 1.54) is 0 Å². The summed E-state index contributed by atoms with van der Waals surface area (Å²) in [5.41, 5.74) is 7.29. The lowest BCUT2D eigenvalue weighted by Crippen LogP contribution is -2.11. The molecule has 0 aliphatic rings. The second kappa shape index (κ2) is 3.58. The van der Waals surface area contributed by atoms with Crippen molar-refractivity contribution in [3.8, 4) is 0 Å². The zero-order valence-electron chi connectivity index (χ0n) is 7.74. The third-order valence-electron chi connectivity index (χ3n) is 2.00. The lowest BCUT2D eigenvalue weighted by atomic mass is 10.0. The van der Waals surface area contributed by atoms with Crippen molar-refractivity contribution in [1.29, 1.82) is 0 Å². The first-order valence-electron chi connectivity index (χ1n) is 4.11. The fraction of sp³-hybridized carbons (Fsp3) is 0.300. The molecule has 1 unspecified atom stereocenters. The Bertz CT molecular complexity index is 332. The molecule has 0 aliphatic heterocycles. The number of amides is 1. The smallest absolute Gasteiger partial charge is 0.248 e. The van der Waals surface area contributed by atoms with Gasteiger partial charge in [0.2, 0.25) is 5.91 Å². The molecule has 1 atom stereocenters. The van der Waals surface area contributed by atoms with Gasteiger partial charge in [-0.15, -0.1) is 0 Å². The van der Waals surface area contributed by atoms with Crippen molar-refractivity contribution in [3.05, 3.63) is 34.9 Å². The Hall–Kier alpha value is -1.35. The molecular weight excluding hydrogens is 166 g/mol. The Kier molecular flexibility index (Phi) is 2.68. The molecule has 3 N–H and O–H groups in total. The topological polar surface area (TPSA) is 63.3 Å². The summed E-state index contributed by atoms with van der Waals surface area (Å²) in [4.78, 5) is 10.8. The van der Waals surface area contributed by atoms with Gasteiger partial charge in [0.1, 0.15) is 0 Å². The van der Waals surface area contributed by atoms with Gasteiger partial charge < -0.3 is 10.8 Å². The molecule has 0 bridgehead atoms. The Morgan fingerprint density at radius 1 is 1.54 bits per heavy atom. The van der Waals surface area contributed by atoms with Crippen LogP contribution in [0.3, 0.4) is 0 Å². The van der Waals surface area contributed by atoms with E-state index in [2.05, 4.69) is 0 Å². The number of benzene rings is 1. The van der Waals surface area contributed by atoms with Gasteiger partial charge in [0.25, 0.3) is 0 Å². The van der Waals surface area contributed by atoms with Crippen LogP contribution in [0.1, 0.15) is 34.5 Å². The molecule has 0 aliphatic carbocycles. The van der Waals surface area contributed by atoms with E-state index < -0.39 is 12.0 Å². The molecule has 0 aromatic heterocycles. The highest BCUT2D eigenvalue weighted by molar-refractivity contribution is 5.93. The van der Waals surface area contributed by atoms with Crippen LogP contribution in [0, 0.1) is 6.92 Å². The quantitative estimate of drug-likeness (QED) is 0.715. The van der Waals surface area contributed by atoms with Crippen LogP contribution in [-0.2, 0) is 0 Å². The van der Waals surface area contributed by atoms with E-state index in [0.29, 0.717) is 5.56 Å². The molecule has 70 valence electrons. The number of primary amides is 1. The monoisotopic (exact) mass is 179 g/mol. The van der Waals surface area contributed by atoms with Crippen LogP contribution in [-0.4, -0.2) is 11.0 Å². The maximum Gasteiger partial charge on any atom is 0.248 e. The van der Waals surface area contributed by atoms with E-state index in [1.54, 1.807) is 25.1 Å². The van der Waals surface area contributed by atoms with Crippen molar-refractivity contribution in [2.24, 2.45) is 5.73 Å². The third kappa shape index (κ3) is 2.06. The number of aliphatic hydroxyl groups is 1. The Morgan fingerprint density at radius 3 is 2.54 bits per heavy atom. The zero-order valence-corrected chi connectivity index (χ0v) is 7.74. The van der Waals surface area contributed by atoms with Gasteiger partial charge in [-0.1, -0.05) is 6.07 Å². The van der Waals surface area contributed by atoms with E-state index in [9.17, 15) is 9.90 Å². The average molecular weight is 179 g/mol. The first kappa shape index (κ1) is 9.74. The molecule has 0 radical (unpaired) electrons. The summed E-state index contributed by atoms with van der Waals surface area (Å²) in [6.45, 7) is 3.53. The van der Waals surface area contributed by atoms with Crippen LogP contribution in [0.5, 0.6) is 0 Å². The van der Waals surface area contributed by atoms with Crippen LogP contribution in [0.2, 0.25) is 0 Å². The lowest BCUT2D eigenvalue weighted by molar-refractivity contribution is 0.1000. The molecule has 0 saturated carbocycles. The Morgan fingerprint density at radius 2 is 2.15 bits per heavy atom. The van der Waals surface area contributed by atoms with Crippen molar-refractivity contribution in [2.75, 3.05) is 0 Å². The van der Waals surface area contributed by atoms with E-state index in [0.717, 1.165) is 11.1 Å². The molecule has 1 aromatic carbocycles. The number of nitrogens with two attached hydrogens (primary N) is 1. The Labute approximate surface area is 77.2 Å². The highest BCUT2D eigenvalue weighted by Crippen LogP contribution is 2.17. The Balaban J connectivity index is 3.13. The molecule has 1 amide bonds. The minimum absolute atomic E-state index is 0.444. The molecule has 13 heavy (non-hydrogen) atoms. The second-order valence-corrected chi connectivity index (χ2v) is 3.11. The fourth-order valence-electron chi connectivity index (χ4n) is 1.30. The van der Waals surface area contributed by atoms with Gasteiger partial charge >= 0.3 is 0 Å². The van der Waals surface area contributed by atoms with E-state index >= 15 is 0 Å². The first-order valence-corrected chi connectivity index (χ1v) is 4.11. The SMILES string of the molecule is Cc1cc(C(N)=O)ccc1C(C)O. The number of rotatable bonds is 2. The van der Waals surface area contributed by atoms with Gasteiger partial charge in [0, 0.05) is 5.56 Å². The summed E-state index contributed by atoms with van der Waals surface area (Å²) in [5, 5.41) is 9.32. The van der Waals surface area contributed by atoms with Crippen molar-refractivity contribution < 1.29 is 9.90 Å². The molecule has 0 fully saturated rings. The molecule has 3 heteroatoms. The van der Waals surface area contributed by atoms with Gasteiger partial charge in [-0.3, -0.25) is 4.79 Å². The molecule has 0 saturated heterocycles. The minimum Gasteiger partial charge on any atom is -0.389 e. The molecule has 0 spiro atoms. The average Bonchev–Trinajstić information content (AvgIpc) is 2.03. The van der Waals surface area contributed by atoms with Crippen LogP contribution in [0.25, 0.3) is 0 Å². The standard InChI is InChI=1S/C10H13NO2/c1-6-5-8(10(11)13)3-4-9(6)7(2)12/h3-5,7,12H,1-2H3,(H2,11,13). The van der Waals surface area contributed by atoms with E-state index in [4.69, 9.17) is 5.73 Å². The number of aryl methyl sites for hydroxylation is 1. The van der Waals surface area contributed by atoms with Crippen molar-refractivity contribution >= 4 is 5.91 Å². The van der Waals surface area contributed by atoms with Crippen molar-refractivity contribution in [3.63, 3.8) is 0 Å². The minimum atomic E-state index is -0.512. The predicted octanol–water partition coefficient (Wildman–Crippen LogP) is 1.15. The predicted molar refractivity (Wildman–Crippen MR) is 50.3 cm³/mol. The van der Waals surface area contributed by atoms with Crippen LogP contribution >= 0.6 is 0 Å². The summed E-state index contributed by atoms with van der Waals surface area (Å²) in [6.07, 6.45) is -0.512. The zero-order chi connectivity index (χ0) is 10.0. The van der Waals surface area contributed by atoms with E-state index in [1.807, 2.05) is 6.92 Å². The number of carbonyl (C=O) groups is 1. The fourth-order valence-corrected chi connectivity index (χ4v) is 1.30. The van der Waals surface area contributed by atoms with E-state index in [-0.39, 0.29) is 0 Å². The maximum atomic E-state index is 10.8. The van der Waals surface area contributed by atoms with Gasteiger partial charge in [-0.05, 0) is 37.1 Å². The molecule has 1 aromatic rings. The summed E-state index contributed by atoms with van der Waals surface area (Å²) in [5.74, 6) is -0.444. The van der Waals surface area contributed by atoms with Gasteiger partial charge in [-0.2, -0.15) is 0 Å². The number of hydrogen-bond acceptors (Lipinski definition) is 2. The van der Waals surface area contributed by atoms with Gasteiger partial charge in [0.05, 0.1) is 6.10 Å². The summed E-state index contributed by atoms with van der Waals surface area (Å²) >= 11 is 0. The van der Waals surface area contributed by atoms with Gasteiger partial charge in [-0.25, -0.2) is 0 Å². The molecule has 3 nitrogen and oxygen atoms in total. The normalized spacial score (nSPS) is 12.5. The lowest BCUT2D eigenvalue weighted by Gasteiger charge is -2.09. The molecule has 1 rings (SSSR count). The van der Waals surface area contributed by atoms with Crippen LogP contribution in [0.4, 0.5) is 0 Å². The number of carbonyl (C=O) groups excluding carboxylic acids is 1.